The van der Waals surface area contributed by atoms with Crippen LogP contribution < -0.4 is 5.14 Å². The number of rotatable bonds is 6. The second-order valence-electron chi connectivity index (χ2n) is 5.85. The van der Waals surface area contributed by atoms with Crippen molar-refractivity contribution in [1.29, 1.82) is 0 Å². The van der Waals surface area contributed by atoms with Gasteiger partial charge < -0.3 is 9.64 Å². The standard InChI is InChI=1S/C18H19ClN2O5S/c1-12(13-6-4-3-5-7-13)21(2)17(22)11-26-18(23)15-10-14(27(20,24)25)8-9-16(15)19/h3-10,12H,11H2,1-2H3,(H2,20,24,25). The van der Waals surface area contributed by atoms with Gasteiger partial charge in [0.2, 0.25) is 10.0 Å². The Kier molecular flexibility index (Phi) is 6.59. The van der Waals surface area contributed by atoms with Crippen LogP contribution in [0, 0.1) is 0 Å². The molecule has 2 rings (SSSR count). The Hall–Kier alpha value is -2.42. The van der Waals surface area contributed by atoms with Gasteiger partial charge >= 0.3 is 5.97 Å². The van der Waals surface area contributed by atoms with Crippen molar-refractivity contribution in [3.05, 3.63) is 64.7 Å². The lowest BCUT2D eigenvalue weighted by molar-refractivity contribution is -0.135. The predicted octanol–water partition coefficient (Wildman–Crippen LogP) is 2.36. The van der Waals surface area contributed by atoms with Gasteiger partial charge in [-0.05, 0) is 30.7 Å². The molecule has 0 aliphatic heterocycles. The van der Waals surface area contributed by atoms with Gasteiger partial charge in [0.25, 0.3) is 5.91 Å². The topological polar surface area (TPSA) is 107 Å². The summed E-state index contributed by atoms with van der Waals surface area (Å²) in [6, 6.07) is 12.6. The Bertz CT molecular complexity index is 947. The van der Waals surface area contributed by atoms with E-state index in [0.29, 0.717) is 0 Å². The maximum atomic E-state index is 12.3. The second kappa shape index (κ2) is 8.51. The largest absolute Gasteiger partial charge is 0.452 e. The molecule has 9 heteroatoms. The summed E-state index contributed by atoms with van der Waals surface area (Å²) >= 11 is 5.92. The van der Waals surface area contributed by atoms with Crippen molar-refractivity contribution < 1.29 is 22.7 Å². The molecule has 27 heavy (non-hydrogen) atoms. The first kappa shape index (κ1) is 20.9. The second-order valence-corrected chi connectivity index (χ2v) is 7.82. The quantitative estimate of drug-likeness (QED) is 0.735. The summed E-state index contributed by atoms with van der Waals surface area (Å²) in [5.74, 6) is -1.34. The lowest BCUT2D eigenvalue weighted by atomic mass is 10.1. The number of nitrogens with zero attached hydrogens (tertiary/aromatic N) is 1. The number of nitrogens with two attached hydrogens (primary N) is 1. The van der Waals surface area contributed by atoms with E-state index in [1.54, 1.807) is 7.05 Å². The minimum atomic E-state index is -4.00. The number of benzene rings is 2. The molecule has 0 saturated heterocycles. The van der Waals surface area contributed by atoms with Crippen molar-refractivity contribution in [3.8, 4) is 0 Å². The SMILES string of the molecule is CC(c1ccccc1)N(C)C(=O)COC(=O)c1cc(S(N)(=O)=O)ccc1Cl. The van der Waals surface area contributed by atoms with Crippen molar-refractivity contribution in [2.24, 2.45) is 5.14 Å². The van der Waals surface area contributed by atoms with Crippen LogP contribution in [0.15, 0.2) is 53.4 Å². The average molecular weight is 411 g/mol. The van der Waals surface area contributed by atoms with E-state index in [1.165, 1.54) is 17.0 Å². The molecular weight excluding hydrogens is 392 g/mol. The lowest BCUT2D eigenvalue weighted by Crippen LogP contribution is -2.33. The van der Waals surface area contributed by atoms with E-state index in [1.807, 2.05) is 37.3 Å². The summed E-state index contributed by atoms with van der Waals surface area (Å²) in [5, 5.41) is 5.03. The van der Waals surface area contributed by atoms with E-state index in [-0.39, 0.29) is 21.5 Å². The van der Waals surface area contributed by atoms with Crippen LogP contribution in [0.2, 0.25) is 5.02 Å². The van der Waals surface area contributed by atoms with Crippen molar-refractivity contribution in [1.82, 2.24) is 4.90 Å². The third-order valence-corrected chi connectivity index (χ3v) is 5.31. The Balaban J connectivity index is 2.06. The maximum absolute atomic E-state index is 12.3. The van der Waals surface area contributed by atoms with Gasteiger partial charge in [0.05, 0.1) is 21.5 Å². The van der Waals surface area contributed by atoms with Gasteiger partial charge in [0.1, 0.15) is 0 Å². The summed E-state index contributed by atoms with van der Waals surface area (Å²) in [5.41, 5.74) is 0.748. The first-order chi connectivity index (χ1) is 12.6. The number of amides is 1. The molecule has 1 atom stereocenters. The number of carbonyl (C=O) groups excluding carboxylic acids is 2. The van der Waals surface area contributed by atoms with E-state index >= 15 is 0 Å². The summed E-state index contributed by atoms with van der Waals surface area (Å²) in [7, 11) is -2.40. The molecule has 0 heterocycles. The summed E-state index contributed by atoms with van der Waals surface area (Å²) in [4.78, 5) is 25.7. The molecule has 0 aliphatic rings. The molecule has 2 aromatic carbocycles. The fraction of sp³-hybridized carbons (Fsp3) is 0.222. The molecule has 2 N–H and O–H groups in total. The smallest absolute Gasteiger partial charge is 0.340 e. The molecule has 0 spiro atoms. The highest BCUT2D eigenvalue weighted by Crippen LogP contribution is 2.21. The highest BCUT2D eigenvalue weighted by atomic mass is 35.5. The van der Waals surface area contributed by atoms with Crippen LogP contribution in [-0.2, 0) is 19.6 Å². The monoisotopic (exact) mass is 410 g/mol. The molecule has 0 aliphatic carbocycles. The van der Waals surface area contributed by atoms with Crippen LogP contribution in [0.1, 0.15) is 28.9 Å². The van der Waals surface area contributed by atoms with Crippen LogP contribution in [0.4, 0.5) is 0 Å². The van der Waals surface area contributed by atoms with Crippen LogP contribution in [0.5, 0.6) is 0 Å². The zero-order valence-corrected chi connectivity index (χ0v) is 16.3. The molecule has 0 radical (unpaired) electrons. The van der Waals surface area contributed by atoms with Crippen molar-refractivity contribution >= 4 is 33.5 Å². The van der Waals surface area contributed by atoms with Crippen molar-refractivity contribution in [3.63, 3.8) is 0 Å². The average Bonchev–Trinajstić information content (AvgIpc) is 2.64. The molecule has 0 aromatic heterocycles. The fourth-order valence-corrected chi connectivity index (χ4v) is 3.05. The minimum absolute atomic E-state index is 0.00847. The number of halogens is 1. The molecule has 1 unspecified atom stereocenters. The Morgan fingerprint density at radius 1 is 1.19 bits per heavy atom. The molecule has 0 bridgehead atoms. The van der Waals surface area contributed by atoms with E-state index in [0.717, 1.165) is 11.6 Å². The summed E-state index contributed by atoms with van der Waals surface area (Å²) < 4.78 is 27.8. The summed E-state index contributed by atoms with van der Waals surface area (Å²) in [6.07, 6.45) is 0. The van der Waals surface area contributed by atoms with Gasteiger partial charge in [-0.15, -0.1) is 0 Å². The zero-order valence-electron chi connectivity index (χ0n) is 14.8. The van der Waals surface area contributed by atoms with Crippen molar-refractivity contribution in [2.75, 3.05) is 13.7 Å². The molecule has 7 nitrogen and oxygen atoms in total. The summed E-state index contributed by atoms with van der Waals surface area (Å²) in [6.45, 7) is 1.34. The highest BCUT2D eigenvalue weighted by molar-refractivity contribution is 7.89. The first-order valence-electron chi connectivity index (χ1n) is 7.91. The first-order valence-corrected chi connectivity index (χ1v) is 9.83. The number of hydrogen-bond donors (Lipinski definition) is 1. The third-order valence-electron chi connectivity index (χ3n) is 4.07. The normalized spacial score (nSPS) is 12.3. The number of carbonyl (C=O) groups is 2. The molecule has 0 fully saturated rings. The molecule has 0 saturated carbocycles. The highest BCUT2D eigenvalue weighted by Gasteiger charge is 2.21. The van der Waals surface area contributed by atoms with Crippen LogP contribution in [-0.4, -0.2) is 38.8 Å². The van der Waals surface area contributed by atoms with Gasteiger partial charge in [-0.2, -0.15) is 0 Å². The van der Waals surface area contributed by atoms with Gasteiger partial charge in [0.15, 0.2) is 6.61 Å². The molecule has 144 valence electrons. The lowest BCUT2D eigenvalue weighted by Gasteiger charge is -2.25. The minimum Gasteiger partial charge on any atom is -0.452 e. The third kappa shape index (κ3) is 5.29. The van der Waals surface area contributed by atoms with Gasteiger partial charge in [-0.25, -0.2) is 18.4 Å². The number of primary sulfonamides is 1. The fourth-order valence-electron chi connectivity index (χ4n) is 2.32. The van der Waals surface area contributed by atoms with E-state index in [4.69, 9.17) is 21.5 Å². The van der Waals surface area contributed by atoms with E-state index in [9.17, 15) is 18.0 Å². The Labute approximate surface area is 162 Å². The van der Waals surface area contributed by atoms with Crippen molar-refractivity contribution in [2.45, 2.75) is 17.9 Å². The van der Waals surface area contributed by atoms with Gasteiger partial charge in [-0.1, -0.05) is 41.9 Å². The zero-order chi connectivity index (χ0) is 20.2. The number of ether oxygens (including phenoxy) is 1. The van der Waals surface area contributed by atoms with Gasteiger partial charge in [0, 0.05) is 7.05 Å². The Morgan fingerprint density at radius 2 is 1.81 bits per heavy atom. The van der Waals surface area contributed by atoms with Crippen LogP contribution in [0.25, 0.3) is 0 Å². The van der Waals surface area contributed by atoms with E-state index in [2.05, 4.69) is 0 Å². The number of hydrogen-bond acceptors (Lipinski definition) is 5. The number of sulfonamides is 1. The van der Waals surface area contributed by atoms with Gasteiger partial charge in [-0.3, -0.25) is 4.79 Å². The van der Waals surface area contributed by atoms with Crippen LogP contribution in [0.3, 0.4) is 0 Å². The Morgan fingerprint density at radius 3 is 2.41 bits per heavy atom. The maximum Gasteiger partial charge on any atom is 0.340 e. The molecular formula is C18H19ClN2O5S. The predicted molar refractivity (Wildman–Crippen MR) is 101 cm³/mol. The molecule has 1 amide bonds. The van der Waals surface area contributed by atoms with E-state index < -0.39 is 28.5 Å². The molecule has 2 aromatic rings. The number of likely N-dealkylation sites (N-methyl/N-ethyl adjacent to an activating group) is 1. The van der Waals surface area contributed by atoms with Crippen LogP contribution >= 0.6 is 11.6 Å². The number of esters is 1.